The summed E-state index contributed by atoms with van der Waals surface area (Å²) in [7, 11) is -3.89. The fraction of sp³-hybridized carbons (Fsp3) is 0.188. The van der Waals surface area contributed by atoms with Crippen molar-refractivity contribution >= 4 is 39.2 Å². The summed E-state index contributed by atoms with van der Waals surface area (Å²) in [5, 5.41) is 0.353. The molecule has 0 heterocycles. The van der Waals surface area contributed by atoms with Crippen LogP contribution in [0.15, 0.2) is 53.4 Å². The molecule has 0 amide bonds. The van der Waals surface area contributed by atoms with Crippen LogP contribution < -0.4 is 4.72 Å². The van der Waals surface area contributed by atoms with Crippen molar-refractivity contribution in [1.29, 1.82) is 0 Å². The lowest BCUT2D eigenvalue weighted by Gasteiger charge is -2.14. The normalized spacial score (nSPS) is 12.6. The Balaban J connectivity index is 1.96. The predicted octanol–water partition coefficient (Wildman–Crippen LogP) is 3.58. The molecule has 24 heavy (non-hydrogen) atoms. The van der Waals surface area contributed by atoms with Gasteiger partial charge in [-0.05, 0) is 30.7 Å². The van der Waals surface area contributed by atoms with Gasteiger partial charge in [0, 0.05) is 0 Å². The van der Waals surface area contributed by atoms with Crippen LogP contribution in [0.4, 0.5) is 0 Å². The van der Waals surface area contributed by atoms with E-state index in [1.807, 2.05) is 30.3 Å². The molecule has 0 aliphatic carbocycles. The standard InChI is InChI=1S/C16H15Cl2NO4S/c1-11(12-5-3-2-4-6-12)23-16(20)10-19-24(21,22)13-7-8-14(17)15(18)9-13/h2-9,11,19H,10H2,1H3/t11-/m0/s1. The Labute approximate surface area is 150 Å². The van der Waals surface area contributed by atoms with Crippen LogP contribution in [0, 0.1) is 0 Å². The van der Waals surface area contributed by atoms with Gasteiger partial charge in [-0.2, -0.15) is 4.72 Å². The van der Waals surface area contributed by atoms with Gasteiger partial charge in [0.1, 0.15) is 12.6 Å². The molecule has 0 bridgehead atoms. The predicted molar refractivity (Wildman–Crippen MR) is 92.6 cm³/mol. The Bertz CT molecular complexity index is 825. The van der Waals surface area contributed by atoms with Crippen molar-refractivity contribution in [2.75, 3.05) is 6.54 Å². The minimum absolute atomic E-state index is 0.0826. The smallest absolute Gasteiger partial charge is 0.321 e. The third kappa shape index (κ3) is 4.95. The lowest BCUT2D eigenvalue weighted by Crippen LogP contribution is -2.31. The van der Waals surface area contributed by atoms with Gasteiger partial charge in [0.2, 0.25) is 10.0 Å². The van der Waals surface area contributed by atoms with Gasteiger partial charge in [0.05, 0.1) is 14.9 Å². The number of rotatable bonds is 6. The van der Waals surface area contributed by atoms with Gasteiger partial charge >= 0.3 is 5.97 Å². The van der Waals surface area contributed by atoms with Crippen LogP contribution in [0.3, 0.4) is 0 Å². The summed E-state index contributed by atoms with van der Waals surface area (Å²) < 4.78 is 31.6. The Hall–Kier alpha value is -1.60. The quantitative estimate of drug-likeness (QED) is 0.768. The zero-order chi connectivity index (χ0) is 17.7. The summed E-state index contributed by atoms with van der Waals surface area (Å²) in [4.78, 5) is 11.7. The van der Waals surface area contributed by atoms with Gasteiger partial charge in [0.25, 0.3) is 0 Å². The topological polar surface area (TPSA) is 72.5 Å². The fourth-order valence-electron chi connectivity index (χ4n) is 1.91. The van der Waals surface area contributed by atoms with E-state index in [4.69, 9.17) is 27.9 Å². The van der Waals surface area contributed by atoms with Gasteiger partial charge < -0.3 is 4.74 Å². The van der Waals surface area contributed by atoms with Crippen LogP contribution in [-0.2, 0) is 19.6 Å². The van der Waals surface area contributed by atoms with E-state index in [0.717, 1.165) is 5.56 Å². The highest BCUT2D eigenvalue weighted by molar-refractivity contribution is 7.89. The number of sulfonamides is 1. The second-order valence-electron chi connectivity index (χ2n) is 4.94. The number of carbonyl (C=O) groups is 1. The summed E-state index contributed by atoms with van der Waals surface area (Å²) in [6.07, 6.45) is -0.479. The minimum atomic E-state index is -3.89. The Morgan fingerprint density at radius 3 is 2.42 bits per heavy atom. The number of hydrogen-bond acceptors (Lipinski definition) is 4. The maximum absolute atomic E-state index is 12.1. The molecule has 1 N–H and O–H groups in total. The van der Waals surface area contributed by atoms with Crippen molar-refractivity contribution in [1.82, 2.24) is 4.72 Å². The van der Waals surface area contributed by atoms with E-state index < -0.39 is 28.6 Å². The third-order valence-electron chi connectivity index (χ3n) is 3.19. The number of carbonyl (C=O) groups excluding carboxylic acids is 1. The number of hydrogen-bond donors (Lipinski definition) is 1. The Morgan fingerprint density at radius 1 is 1.12 bits per heavy atom. The number of halogens is 2. The second-order valence-corrected chi connectivity index (χ2v) is 7.52. The molecule has 2 aromatic carbocycles. The van der Waals surface area contributed by atoms with Gasteiger partial charge in [-0.15, -0.1) is 0 Å². The van der Waals surface area contributed by atoms with Crippen LogP contribution in [0.1, 0.15) is 18.6 Å². The Kier molecular flexibility index (Phi) is 6.23. The largest absolute Gasteiger partial charge is 0.457 e. The molecule has 128 valence electrons. The summed E-state index contributed by atoms with van der Waals surface area (Å²) in [6, 6.07) is 13.0. The highest BCUT2D eigenvalue weighted by Crippen LogP contribution is 2.24. The van der Waals surface area contributed by atoms with Crippen molar-refractivity contribution in [2.24, 2.45) is 0 Å². The number of nitrogens with one attached hydrogen (secondary N) is 1. The van der Waals surface area contributed by atoms with E-state index in [1.165, 1.54) is 18.2 Å². The number of ether oxygens (including phenoxy) is 1. The van der Waals surface area contributed by atoms with E-state index in [0.29, 0.717) is 0 Å². The van der Waals surface area contributed by atoms with Gasteiger partial charge in [-0.3, -0.25) is 4.79 Å². The van der Waals surface area contributed by atoms with Crippen molar-refractivity contribution in [2.45, 2.75) is 17.9 Å². The molecule has 2 rings (SSSR count). The second kappa shape index (κ2) is 7.98. The molecule has 5 nitrogen and oxygen atoms in total. The SMILES string of the molecule is C[C@H](OC(=O)CNS(=O)(=O)c1ccc(Cl)c(Cl)c1)c1ccccc1. The zero-order valence-electron chi connectivity index (χ0n) is 12.7. The van der Waals surface area contributed by atoms with Crippen molar-refractivity contribution in [3.05, 3.63) is 64.1 Å². The Morgan fingerprint density at radius 2 is 1.79 bits per heavy atom. The molecular formula is C16H15Cl2NO4S. The van der Waals surface area contributed by atoms with Gasteiger partial charge in [0.15, 0.2) is 0 Å². The molecule has 0 aromatic heterocycles. The highest BCUT2D eigenvalue weighted by Gasteiger charge is 2.18. The summed E-state index contributed by atoms with van der Waals surface area (Å²) >= 11 is 11.6. The lowest BCUT2D eigenvalue weighted by atomic mass is 10.1. The fourth-order valence-corrected chi connectivity index (χ4v) is 3.27. The van der Waals surface area contributed by atoms with Crippen LogP contribution >= 0.6 is 23.2 Å². The maximum Gasteiger partial charge on any atom is 0.321 e. The average molecular weight is 388 g/mol. The minimum Gasteiger partial charge on any atom is -0.457 e. The molecule has 0 fully saturated rings. The number of esters is 1. The van der Waals surface area contributed by atoms with E-state index in [-0.39, 0.29) is 14.9 Å². The van der Waals surface area contributed by atoms with E-state index >= 15 is 0 Å². The molecule has 0 aliphatic heterocycles. The van der Waals surface area contributed by atoms with Gasteiger partial charge in [-0.1, -0.05) is 53.5 Å². The third-order valence-corrected chi connectivity index (χ3v) is 5.32. The van der Waals surface area contributed by atoms with Crippen LogP contribution in [0.2, 0.25) is 10.0 Å². The molecular weight excluding hydrogens is 373 g/mol. The molecule has 0 radical (unpaired) electrons. The molecule has 1 atom stereocenters. The summed E-state index contributed by atoms with van der Waals surface area (Å²) in [5.41, 5.74) is 0.818. The molecule has 0 saturated heterocycles. The molecule has 2 aromatic rings. The van der Waals surface area contributed by atoms with Crippen molar-refractivity contribution < 1.29 is 17.9 Å². The molecule has 0 unspecified atom stereocenters. The van der Waals surface area contributed by atoms with Crippen molar-refractivity contribution in [3.8, 4) is 0 Å². The molecule has 0 spiro atoms. The first-order chi connectivity index (χ1) is 11.3. The molecule has 0 saturated carbocycles. The first-order valence-electron chi connectivity index (χ1n) is 6.99. The summed E-state index contributed by atoms with van der Waals surface area (Å²) in [5.74, 6) is -0.685. The van der Waals surface area contributed by atoms with E-state index in [2.05, 4.69) is 4.72 Å². The van der Waals surface area contributed by atoms with Crippen LogP contribution in [-0.4, -0.2) is 20.9 Å². The first-order valence-corrected chi connectivity index (χ1v) is 9.22. The lowest BCUT2D eigenvalue weighted by molar-refractivity contribution is -0.147. The molecule has 0 aliphatic rings. The van der Waals surface area contributed by atoms with Crippen molar-refractivity contribution in [3.63, 3.8) is 0 Å². The van der Waals surface area contributed by atoms with Crippen LogP contribution in [0.25, 0.3) is 0 Å². The average Bonchev–Trinajstić information content (AvgIpc) is 2.56. The zero-order valence-corrected chi connectivity index (χ0v) is 15.0. The summed E-state index contributed by atoms with van der Waals surface area (Å²) in [6.45, 7) is 1.22. The molecule has 8 heteroatoms. The van der Waals surface area contributed by atoms with E-state index in [9.17, 15) is 13.2 Å². The van der Waals surface area contributed by atoms with E-state index in [1.54, 1.807) is 6.92 Å². The monoisotopic (exact) mass is 387 g/mol. The first kappa shape index (κ1) is 18.7. The van der Waals surface area contributed by atoms with Gasteiger partial charge in [-0.25, -0.2) is 8.42 Å². The number of benzene rings is 2. The maximum atomic E-state index is 12.1. The highest BCUT2D eigenvalue weighted by atomic mass is 35.5. The van der Waals surface area contributed by atoms with Crippen LogP contribution in [0.5, 0.6) is 0 Å².